The van der Waals surface area contributed by atoms with Crippen molar-refractivity contribution in [3.05, 3.63) is 18.2 Å². The lowest BCUT2D eigenvalue weighted by atomic mass is 10.0. The molecule has 1 saturated carbocycles. The van der Waals surface area contributed by atoms with E-state index in [0.717, 1.165) is 0 Å². The van der Waals surface area contributed by atoms with Crippen molar-refractivity contribution < 1.29 is 23.0 Å². The Morgan fingerprint density at radius 1 is 1.40 bits per heavy atom. The molecule has 0 bridgehead atoms. The second-order valence-electron chi connectivity index (χ2n) is 5.40. The third-order valence-corrected chi connectivity index (χ3v) is 3.62. The van der Waals surface area contributed by atoms with Crippen molar-refractivity contribution >= 4 is 11.6 Å². The Kier molecular flexibility index (Phi) is 3.03. The Morgan fingerprint density at radius 3 is 2.80 bits per heavy atom. The van der Waals surface area contributed by atoms with Crippen LogP contribution in [-0.2, 0) is 4.79 Å². The zero-order chi connectivity index (χ0) is 14.3. The van der Waals surface area contributed by atoms with Crippen LogP contribution in [-0.4, -0.2) is 12.2 Å². The summed E-state index contributed by atoms with van der Waals surface area (Å²) in [5.41, 5.74) is 0.429. The van der Waals surface area contributed by atoms with Gasteiger partial charge in [-0.3, -0.25) is 4.79 Å². The first-order valence-corrected chi connectivity index (χ1v) is 6.63. The van der Waals surface area contributed by atoms with Crippen molar-refractivity contribution in [3.63, 3.8) is 0 Å². The van der Waals surface area contributed by atoms with Crippen LogP contribution >= 0.6 is 0 Å². The smallest absolute Gasteiger partial charge is 0.395 e. The quantitative estimate of drug-likeness (QED) is 0.921. The van der Waals surface area contributed by atoms with Gasteiger partial charge < -0.3 is 14.8 Å². The first-order valence-electron chi connectivity index (χ1n) is 6.63. The molecular formula is C14H15F2NO3. The molecule has 1 N–H and O–H groups in total. The number of alkyl halides is 2. The van der Waals surface area contributed by atoms with Crippen LogP contribution in [0.3, 0.4) is 0 Å². The van der Waals surface area contributed by atoms with Gasteiger partial charge in [-0.2, -0.15) is 0 Å². The van der Waals surface area contributed by atoms with Gasteiger partial charge in [0.15, 0.2) is 11.5 Å². The SMILES string of the molecule is CC(CC(=O)Nc1ccc2c(c1)OC(F)(F)O2)C1CC1. The number of carbonyl (C=O) groups excluding carboxylic acids is 1. The summed E-state index contributed by atoms with van der Waals surface area (Å²) in [6, 6.07) is 4.22. The Balaban J connectivity index is 1.62. The van der Waals surface area contributed by atoms with Crippen LogP contribution in [0.5, 0.6) is 11.5 Å². The molecule has 1 fully saturated rings. The summed E-state index contributed by atoms with van der Waals surface area (Å²) in [6.07, 6.45) is -0.818. The van der Waals surface area contributed by atoms with E-state index in [4.69, 9.17) is 0 Å². The highest BCUT2D eigenvalue weighted by Gasteiger charge is 2.43. The monoisotopic (exact) mass is 283 g/mol. The molecule has 1 aliphatic heterocycles. The largest absolute Gasteiger partial charge is 0.586 e. The topological polar surface area (TPSA) is 47.6 Å². The van der Waals surface area contributed by atoms with E-state index in [1.807, 2.05) is 0 Å². The van der Waals surface area contributed by atoms with Gasteiger partial charge >= 0.3 is 6.29 Å². The minimum Gasteiger partial charge on any atom is -0.395 e. The van der Waals surface area contributed by atoms with Crippen LogP contribution < -0.4 is 14.8 Å². The van der Waals surface area contributed by atoms with E-state index in [0.29, 0.717) is 23.9 Å². The molecular weight excluding hydrogens is 268 g/mol. The van der Waals surface area contributed by atoms with Crippen molar-refractivity contribution in [2.75, 3.05) is 5.32 Å². The molecule has 0 spiro atoms. The summed E-state index contributed by atoms with van der Waals surface area (Å²) < 4.78 is 34.4. The lowest BCUT2D eigenvalue weighted by Crippen LogP contribution is -2.25. The van der Waals surface area contributed by atoms with Crippen molar-refractivity contribution in [1.29, 1.82) is 0 Å². The zero-order valence-corrected chi connectivity index (χ0v) is 11.0. The van der Waals surface area contributed by atoms with Crippen LogP contribution in [0.2, 0.25) is 0 Å². The summed E-state index contributed by atoms with van der Waals surface area (Å²) in [5.74, 6) is 0.793. The maximum absolute atomic E-state index is 12.9. The van der Waals surface area contributed by atoms with E-state index in [2.05, 4.69) is 21.7 Å². The lowest BCUT2D eigenvalue weighted by Gasteiger charge is -2.10. The molecule has 1 atom stereocenters. The molecule has 1 unspecified atom stereocenters. The number of halogens is 2. The van der Waals surface area contributed by atoms with Crippen molar-refractivity contribution in [2.45, 2.75) is 32.5 Å². The Hall–Kier alpha value is -1.85. The predicted molar refractivity (Wildman–Crippen MR) is 67.8 cm³/mol. The van der Waals surface area contributed by atoms with Crippen LogP contribution in [0.15, 0.2) is 18.2 Å². The average Bonchev–Trinajstić information content (AvgIpc) is 3.11. The third kappa shape index (κ3) is 2.84. The van der Waals surface area contributed by atoms with E-state index in [1.54, 1.807) is 0 Å². The summed E-state index contributed by atoms with van der Waals surface area (Å²) in [7, 11) is 0. The summed E-state index contributed by atoms with van der Waals surface area (Å²) in [4.78, 5) is 11.9. The van der Waals surface area contributed by atoms with E-state index in [1.165, 1.54) is 31.0 Å². The van der Waals surface area contributed by atoms with Gasteiger partial charge in [0.25, 0.3) is 0 Å². The van der Waals surface area contributed by atoms with Gasteiger partial charge in [0, 0.05) is 18.2 Å². The average molecular weight is 283 g/mol. The number of rotatable bonds is 4. The van der Waals surface area contributed by atoms with Gasteiger partial charge in [0.1, 0.15) is 0 Å². The van der Waals surface area contributed by atoms with Crippen molar-refractivity contribution in [3.8, 4) is 11.5 Å². The Bertz CT molecular complexity index is 543. The van der Waals surface area contributed by atoms with E-state index < -0.39 is 6.29 Å². The number of hydrogen-bond acceptors (Lipinski definition) is 3. The molecule has 2 aliphatic rings. The maximum Gasteiger partial charge on any atom is 0.586 e. The number of fused-ring (bicyclic) bond motifs is 1. The molecule has 1 aromatic rings. The first kappa shape index (κ1) is 13.1. The number of benzene rings is 1. The van der Waals surface area contributed by atoms with Gasteiger partial charge in [0.2, 0.25) is 5.91 Å². The normalized spacial score (nSPS) is 20.6. The van der Waals surface area contributed by atoms with E-state index in [-0.39, 0.29) is 17.4 Å². The minimum absolute atomic E-state index is 0.0284. The fourth-order valence-corrected chi connectivity index (χ4v) is 2.36. The summed E-state index contributed by atoms with van der Waals surface area (Å²) in [6.45, 7) is 2.05. The van der Waals surface area contributed by atoms with Crippen LogP contribution in [0.1, 0.15) is 26.2 Å². The van der Waals surface area contributed by atoms with Gasteiger partial charge in [-0.25, -0.2) is 0 Å². The van der Waals surface area contributed by atoms with Crippen molar-refractivity contribution in [1.82, 2.24) is 0 Å². The maximum atomic E-state index is 12.9. The van der Waals surface area contributed by atoms with Gasteiger partial charge in [-0.15, -0.1) is 8.78 Å². The van der Waals surface area contributed by atoms with Gasteiger partial charge in [-0.05, 0) is 36.8 Å². The van der Waals surface area contributed by atoms with Crippen LogP contribution in [0, 0.1) is 11.8 Å². The predicted octanol–water partition coefficient (Wildman–Crippen LogP) is 3.38. The highest BCUT2D eigenvalue weighted by atomic mass is 19.3. The Morgan fingerprint density at radius 2 is 2.10 bits per heavy atom. The number of hydrogen-bond donors (Lipinski definition) is 1. The minimum atomic E-state index is -3.63. The fourth-order valence-electron chi connectivity index (χ4n) is 2.36. The molecule has 6 heteroatoms. The molecule has 0 aromatic heterocycles. The lowest BCUT2D eigenvalue weighted by molar-refractivity contribution is -0.286. The highest BCUT2D eigenvalue weighted by molar-refractivity contribution is 5.91. The molecule has 108 valence electrons. The first-order chi connectivity index (χ1) is 9.43. The molecule has 0 saturated heterocycles. The van der Waals surface area contributed by atoms with E-state index >= 15 is 0 Å². The van der Waals surface area contributed by atoms with E-state index in [9.17, 15) is 13.6 Å². The molecule has 1 heterocycles. The zero-order valence-electron chi connectivity index (χ0n) is 11.0. The van der Waals surface area contributed by atoms with Crippen molar-refractivity contribution in [2.24, 2.45) is 11.8 Å². The number of anilines is 1. The highest BCUT2D eigenvalue weighted by Crippen LogP contribution is 2.42. The van der Waals surface area contributed by atoms with Crippen LogP contribution in [0.4, 0.5) is 14.5 Å². The molecule has 1 aliphatic carbocycles. The third-order valence-electron chi connectivity index (χ3n) is 3.62. The number of amides is 1. The second kappa shape index (κ2) is 4.61. The molecule has 20 heavy (non-hydrogen) atoms. The molecule has 4 nitrogen and oxygen atoms in total. The molecule has 0 radical (unpaired) electrons. The molecule has 3 rings (SSSR count). The van der Waals surface area contributed by atoms with Gasteiger partial charge in [-0.1, -0.05) is 6.92 Å². The number of ether oxygens (including phenoxy) is 2. The molecule has 1 aromatic carbocycles. The summed E-state index contributed by atoms with van der Waals surface area (Å²) >= 11 is 0. The fraction of sp³-hybridized carbons (Fsp3) is 0.500. The molecule has 1 amide bonds. The number of nitrogens with one attached hydrogen (secondary N) is 1. The van der Waals surface area contributed by atoms with Crippen LogP contribution in [0.25, 0.3) is 0 Å². The standard InChI is InChI=1S/C14H15F2NO3/c1-8(9-2-3-9)6-13(18)17-10-4-5-11-12(7-10)20-14(15,16)19-11/h4-5,7-9H,2-3,6H2,1H3,(H,17,18). The Labute approximate surface area is 115 Å². The summed E-state index contributed by atoms with van der Waals surface area (Å²) in [5, 5.41) is 2.69. The number of carbonyl (C=O) groups is 1. The van der Waals surface area contributed by atoms with Gasteiger partial charge in [0.05, 0.1) is 0 Å². The second-order valence-corrected chi connectivity index (χ2v) is 5.40.